The Kier molecular flexibility index (Phi) is 7.13. The minimum absolute atomic E-state index is 0.171. The van der Waals surface area contributed by atoms with Crippen LogP contribution >= 0.6 is 0 Å². The van der Waals surface area contributed by atoms with Crippen molar-refractivity contribution in [3.05, 3.63) is 114 Å². The van der Waals surface area contributed by atoms with E-state index in [1.165, 1.54) is 12.1 Å². The lowest BCUT2D eigenvalue weighted by molar-refractivity contribution is -0.137. The van der Waals surface area contributed by atoms with Crippen LogP contribution in [0.2, 0.25) is 0 Å². The number of aromatic nitrogens is 1. The molecule has 3 rings (SSSR count). The molecule has 0 saturated heterocycles. The number of carbonyl (C=O) groups excluding carboxylic acids is 1. The van der Waals surface area contributed by atoms with Crippen LogP contribution in [0.5, 0.6) is 0 Å². The summed E-state index contributed by atoms with van der Waals surface area (Å²) >= 11 is 0. The van der Waals surface area contributed by atoms with Gasteiger partial charge in [0.15, 0.2) is 0 Å². The van der Waals surface area contributed by atoms with Crippen LogP contribution in [-0.4, -0.2) is 21.9 Å². The highest BCUT2D eigenvalue weighted by Gasteiger charge is 2.30. The number of halogens is 3. The van der Waals surface area contributed by atoms with Crippen molar-refractivity contribution in [2.45, 2.75) is 19.3 Å². The largest absolute Gasteiger partial charge is 0.416 e. The summed E-state index contributed by atoms with van der Waals surface area (Å²) in [6, 6.07) is 18.5. The number of hydrogen-bond donors (Lipinski definition) is 0. The van der Waals surface area contributed by atoms with Crippen molar-refractivity contribution in [1.82, 2.24) is 9.47 Å². The molecule has 160 valence electrons. The predicted molar refractivity (Wildman–Crippen MR) is 116 cm³/mol. The van der Waals surface area contributed by atoms with Crippen molar-refractivity contribution in [3.8, 4) is 0 Å². The van der Waals surface area contributed by atoms with Gasteiger partial charge < -0.3 is 9.47 Å². The second kappa shape index (κ2) is 9.98. The first-order chi connectivity index (χ1) is 14.9. The second-order valence-electron chi connectivity index (χ2n) is 7.08. The summed E-state index contributed by atoms with van der Waals surface area (Å²) in [6.07, 6.45) is 2.33. The number of alkyl halides is 3. The van der Waals surface area contributed by atoms with Crippen LogP contribution < -0.4 is 0 Å². The smallest absolute Gasteiger partial charge is 0.345 e. The zero-order valence-electron chi connectivity index (χ0n) is 16.9. The van der Waals surface area contributed by atoms with Crippen molar-refractivity contribution in [1.29, 1.82) is 0 Å². The molecular weight excluding hydrogens is 401 g/mol. The van der Waals surface area contributed by atoms with Crippen molar-refractivity contribution >= 4 is 12.0 Å². The Morgan fingerprint density at radius 1 is 1.03 bits per heavy atom. The third-order valence-electron chi connectivity index (χ3n) is 4.76. The lowest BCUT2D eigenvalue weighted by Gasteiger charge is -2.21. The van der Waals surface area contributed by atoms with Crippen LogP contribution in [0, 0.1) is 0 Å². The van der Waals surface area contributed by atoms with Crippen molar-refractivity contribution < 1.29 is 18.0 Å². The van der Waals surface area contributed by atoms with Crippen LogP contribution in [0.4, 0.5) is 13.2 Å². The SMILES string of the molecule is C=CCN(Cc1cccn1Cc1cccc(C(F)(F)F)c1)C(=O)C=Cc1ccccc1. The fraction of sp³-hybridized carbons (Fsp3) is 0.160. The van der Waals surface area contributed by atoms with Gasteiger partial charge in [-0.05, 0) is 41.5 Å². The molecule has 0 saturated carbocycles. The lowest BCUT2D eigenvalue weighted by atomic mass is 10.1. The molecule has 0 fully saturated rings. The summed E-state index contributed by atoms with van der Waals surface area (Å²) in [6.45, 7) is 4.67. The minimum Gasteiger partial charge on any atom is -0.345 e. The molecule has 3 aromatic rings. The molecule has 1 heterocycles. The Labute approximate surface area is 179 Å². The maximum atomic E-state index is 13.0. The second-order valence-corrected chi connectivity index (χ2v) is 7.08. The minimum atomic E-state index is -4.38. The molecule has 31 heavy (non-hydrogen) atoms. The molecule has 3 nitrogen and oxygen atoms in total. The zero-order valence-corrected chi connectivity index (χ0v) is 16.9. The van der Waals surface area contributed by atoms with Crippen LogP contribution in [0.1, 0.15) is 22.4 Å². The van der Waals surface area contributed by atoms with E-state index in [4.69, 9.17) is 0 Å². The van der Waals surface area contributed by atoms with Gasteiger partial charge in [0.25, 0.3) is 0 Å². The third kappa shape index (κ3) is 6.22. The van der Waals surface area contributed by atoms with Gasteiger partial charge in [0.05, 0.1) is 12.1 Å². The molecule has 0 aliphatic carbocycles. The van der Waals surface area contributed by atoms with Gasteiger partial charge in [-0.2, -0.15) is 13.2 Å². The summed E-state index contributed by atoms with van der Waals surface area (Å²) in [7, 11) is 0. The highest BCUT2D eigenvalue weighted by molar-refractivity contribution is 5.91. The molecule has 0 spiro atoms. The van der Waals surface area contributed by atoms with E-state index in [1.54, 1.807) is 29.3 Å². The monoisotopic (exact) mass is 424 g/mol. The van der Waals surface area contributed by atoms with Gasteiger partial charge in [-0.25, -0.2) is 0 Å². The molecule has 0 aliphatic rings. The molecule has 1 aromatic heterocycles. The van der Waals surface area contributed by atoms with Crippen molar-refractivity contribution in [3.63, 3.8) is 0 Å². The molecular formula is C25H23F3N2O. The predicted octanol–water partition coefficient (Wildman–Crippen LogP) is 5.78. The normalized spacial score (nSPS) is 11.6. The summed E-state index contributed by atoms with van der Waals surface area (Å²) < 4.78 is 40.8. The number of benzene rings is 2. The first kappa shape index (κ1) is 22.2. The average molecular weight is 424 g/mol. The molecule has 0 atom stereocenters. The van der Waals surface area contributed by atoms with E-state index in [0.29, 0.717) is 18.7 Å². The van der Waals surface area contributed by atoms with Gasteiger partial charge in [-0.1, -0.05) is 48.5 Å². The van der Waals surface area contributed by atoms with Gasteiger partial charge in [-0.3, -0.25) is 4.79 Å². The summed E-state index contributed by atoms with van der Waals surface area (Å²) in [5.74, 6) is -0.171. The number of nitrogens with zero attached hydrogens (tertiary/aromatic N) is 2. The molecule has 1 amide bonds. The molecule has 0 N–H and O–H groups in total. The van der Waals surface area contributed by atoms with Crippen LogP contribution in [-0.2, 0) is 24.1 Å². The first-order valence-corrected chi connectivity index (χ1v) is 9.80. The standard InChI is InChI=1S/C25H23F3N2O/c1-2-15-30(24(31)14-13-20-8-4-3-5-9-20)19-23-12-7-16-29(23)18-21-10-6-11-22(17-21)25(26,27)28/h2-14,16-17H,1,15,18-19H2. The third-order valence-corrected chi connectivity index (χ3v) is 4.76. The number of hydrogen-bond acceptors (Lipinski definition) is 1. The first-order valence-electron chi connectivity index (χ1n) is 9.80. The Morgan fingerprint density at radius 2 is 1.81 bits per heavy atom. The fourth-order valence-electron chi connectivity index (χ4n) is 3.21. The lowest BCUT2D eigenvalue weighted by Crippen LogP contribution is -2.30. The molecule has 6 heteroatoms. The Balaban J connectivity index is 1.74. The van der Waals surface area contributed by atoms with Gasteiger partial charge in [0, 0.05) is 31.1 Å². The van der Waals surface area contributed by atoms with E-state index in [-0.39, 0.29) is 12.5 Å². The summed E-state index contributed by atoms with van der Waals surface area (Å²) in [5.41, 5.74) is 1.61. The molecule has 0 radical (unpaired) electrons. The van der Waals surface area contributed by atoms with Crippen LogP contribution in [0.15, 0.2) is 91.7 Å². The van der Waals surface area contributed by atoms with Gasteiger partial charge in [0.2, 0.25) is 5.91 Å². The van der Waals surface area contributed by atoms with Gasteiger partial charge >= 0.3 is 6.18 Å². The number of rotatable bonds is 8. The van der Waals surface area contributed by atoms with E-state index in [9.17, 15) is 18.0 Å². The Morgan fingerprint density at radius 3 is 2.52 bits per heavy atom. The van der Waals surface area contributed by atoms with E-state index in [1.807, 2.05) is 47.0 Å². The maximum absolute atomic E-state index is 13.0. The molecule has 0 bridgehead atoms. The van der Waals surface area contributed by atoms with Gasteiger partial charge in [-0.15, -0.1) is 6.58 Å². The van der Waals surface area contributed by atoms with Crippen molar-refractivity contribution in [2.75, 3.05) is 6.54 Å². The number of amides is 1. The fourth-order valence-corrected chi connectivity index (χ4v) is 3.21. The Hall–Kier alpha value is -3.54. The highest BCUT2D eigenvalue weighted by Crippen LogP contribution is 2.29. The maximum Gasteiger partial charge on any atom is 0.416 e. The topological polar surface area (TPSA) is 25.2 Å². The molecule has 2 aromatic carbocycles. The van der Waals surface area contributed by atoms with E-state index in [2.05, 4.69) is 6.58 Å². The molecule has 0 aliphatic heterocycles. The summed E-state index contributed by atoms with van der Waals surface area (Å²) in [5, 5.41) is 0. The van der Waals surface area contributed by atoms with E-state index >= 15 is 0 Å². The van der Waals surface area contributed by atoms with Crippen LogP contribution in [0.25, 0.3) is 6.08 Å². The Bertz CT molecular complexity index is 1050. The van der Waals surface area contributed by atoms with E-state index < -0.39 is 11.7 Å². The van der Waals surface area contributed by atoms with Crippen molar-refractivity contribution in [2.24, 2.45) is 0 Å². The van der Waals surface area contributed by atoms with Gasteiger partial charge in [0.1, 0.15) is 0 Å². The van der Waals surface area contributed by atoms with Crippen LogP contribution in [0.3, 0.4) is 0 Å². The highest BCUT2D eigenvalue weighted by atomic mass is 19.4. The van der Waals surface area contributed by atoms with E-state index in [0.717, 1.165) is 23.4 Å². The average Bonchev–Trinajstić information content (AvgIpc) is 3.18. The quantitative estimate of drug-likeness (QED) is 0.332. The molecule has 0 unspecified atom stereocenters. The zero-order chi connectivity index (χ0) is 22.3. The summed E-state index contributed by atoms with van der Waals surface area (Å²) in [4.78, 5) is 14.3. The number of carbonyl (C=O) groups is 1.